The van der Waals surface area contributed by atoms with E-state index in [0.29, 0.717) is 19.6 Å². The minimum atomic E-state index is 0.0769. The highest BCUT2D eigenvalue weighted by Gasteiger charge is 1.97. The molecule has 0 radical (unpaired) electrons. The highest BCUT2D eigenvalue weighted by molar-refractivity contribution is 5.75. The summed E-state index contributed by atoms with van der Waals surface area (Å²) in [6, 6.07) is 0. The van der Waals surface area contributed by atoms with Crippen LogP contribution in [0, 0.1) is 0 Å². The Labute approximate surface area is 73.7 Å². The van der Waals surface area contributed by atoms with Crippen molar-refractivity contribution in [3.8, 4) is 0 Å². The van der Waals surface area contributed by atoms with E-state index in [9.17, 15) is 4.79 Å². The molecular weight excluding hydrogens is 156 g/mol. The first kappa shape index (κ1) is 11.4. The third-order valence-electron chi connectivity index (χ3n) is 1.41. The van der Waals surface area contributed by atoms with Gasteiger partial charge in [-0.1, -0.05) is 6.92 Å². The van der Waals surface area contributed by atoms with E-state index in [1.165, 1.54) is 0 Å². The topological polar surface area (TPSA) is 50.4 Å². The molecule has 12 heavy (non-hydrogen) atoms. The van der Waals surface area contributed by atoms with Crippen LogP contribution in [0.15, 0.2) is 0 Å². The largest absolute Gasteiger partial charge is 0.383 e. The Morgan fingerprint density at radius 3 is 2.75 bits per heavy atom. The van der Waals surface area contributed by atoms with Crippen molar-refractivity contribution in [1.29, 1.82) is 0 Å². The number of rotatable bonds is 7. The summed E-state index contributed by atoms with van der Waals surface area (Å²) in [6.07, 6.45) is 0.539. The molecule has 2 N–H and O–H groups in total. The standard InChI is InChI=1S/C8H18N2O2/c1-3-9-5-4-8(11)10-6-7-12-2/h9H,3-7H2,1-2H3,(H,10,11). The summed E-state index contributed by atoms with van der Waals surface area (Å²) in [5.41, 5.74) is 0. The lowest BCUT2D eigenvalue weighted by molar-refractivity contribution is -0.121. The second-order valence-corrected chi connectivity index (χ2v) is 2.45. The van der Waals surface area contributed by atoms with Crippen LogP contribution >= 0.6 is 0 Å². The maximum absolute atomic E-state index is 11.0. The molecule has 0 saturated heterocycles. The zero-order chi connectivity index (χ0) is 9.23. The third kappa shape index (κ3) is 7.50. The van der Waals surface area contributed by atoms with Gasteiger partial charge in [-0.3, -0.25) is 4.79 Å². The summed E-state index contributed by atoms with van der Waals surface area (Å²) in [5.74, 6) is 0.0769. The van der Waals surface area contributed by atoms with Crippen molar-refractivity contribution in [3.05, 3.63) is 0 Å². The summed E-state index contributed by atoms with van der Waals surface area (Å²) in [5, 5.41) is 5.82. The van der Waals surface area contributed by atoms with Gasteiger partial charge in [0.25, 0.3) is 0 Å². The quantitative estimate of drug-likeness (QED) is 0.523. The molecule has 0 fully saturated rings. The van der Waals surface area contributed by atoms with Crippen molar-refractivity contribution in [3.63, 3.8) is 0 Å². The SMILES string of the molecule is CCNCCC(=O)NCCOC. The molecule has 4 nitrogen and oxygen atoms in total. The second kappa shape index (κ2) is 8.49. The first-order chi connectivity index (χ1) is 5.81. The average Bonchev–Trinajstić information content (AvgIpc) is 2.06. The predicted octanol–water partition coefficient (Wildman–Crippen LogP) is -0.251. The molecule has 72 valence electrons. The number of nitrogens with one attached hydrogen (secondary N) is 2. The molecule has 0 rings (SSSR count). The van der Waals surface area contributed by atoms with E-state index >= 15 is 0 Å². The highest BCUT2D eigenvalue weighted by Crippen LogP contribution is 1.76. The van der Waals surface area contributed by atoms with Crippen molar-refractivity contribution in [1.82, 2.24) is 10.6 Å². The van der Waals surface area contributed by atoms with Gasteiger partial charge in [0.2, 0.25) is 5.91 Å². The van der Waals surface area contributed by atoms with Crippen molar-refractivity contribution >= 4 is 5.91 Å². The van der Waals surface area contributed by atoms with E-state index in [-0.39, 0.29) is 5.91 Å². The Morgan fingerprint density at radius 2 is 2.17 bits per heavy atom. The van der Waals surface area contributed by atoms with Gasteiger partial charge in [0.15, 0.2) is 0 Å². The van der Waals surface area contributed by atoms with Crippen LogP contribution in [0.25, 0.3) is 0 Å². The monoisotopic (exact) mass is 174 g/mol. The fourth-order valence-electron chi connectivity index (χ4n) is 0.760. The van der Waals surface area contributed by atoms with Gasteiger partial charge in [0.1, 0.15) is 0 Å². The maximum atomic E-state index is 11.0. The highest BCUT2D eigenvalue weighted by atomic mass is 16.5. The number of amides is 1. The summed E-state index contributed by atoms with van der Waals surface area (Å²) < 4.78 is 4.79. The number of methoxy groups -OCH3 is 1. The van der Waals surface area contributed by atoms with Crippen LogP contribution in [-0.2, 0) is 9.53 Å². The van der Waals surface area contributed by atoms with E-state index in [4.69, 9.17) is 4.74 Å². The van der Waals surface area contributed by atoms with Crippen LogP contribution in [0.1, 0.15) is 13.3 Å². The molecule has 0 aromatic heterocycles. The average molecular weight is 174 g/mol. The summed E-state index contributed by atoms with van der Waals surface area (Å²) in [7, 11) is 1.62. The third-order valence-corrected chi connectivity index (χ3v) is 1.41. The molecule has 0 aromatic rings. The number of ether oxygens (including phenoxy) is 1. The molecule has 0 aliphatic heterocycles. The fraction of sp³-hybridized carbons (Fsp3) is 0.875. The molecule has 0 aliphatic carbocycles. The van der Waals surface area contributed by atoms with Gasteiger partial charge in [-0.25, -0.2) is 0 Å². The van der Waals surface area contributed by atoms with Gasteiger partial charge in [0.05, 0.1) is 6.61 Å². The fourth-order valence-corrected chi connectivity index (χ4v) is 0.760. The smallest absolute Gasteiger partial charge is 0.221 e. The van der Waals surface area contributed by atoms with Gasteiger partial charge >= 0.3 is 0 Å². The molecule has 0 unspecified atom stereocenters. The number of hydrogen-bond donors (Lipinski definition) is 2. The second-order valence-electron chi connectivity index (χ2n) is 2.45. The molecule has 0 aliphatic rings. The number of carbonyl (C=O) groups is 1. The molecule has 0 heterocycles. The minimum absolute atomic E-state index is 0.0769. The maximum Gasteiger partial charge on any atom is 0.221 e. The molecule has 0 bridgehead atoms. The van der Waals surface area contributed by atoms with Crippen LogP contribution < -0.4 is 10.6 Å². The Bertz CT molecular complexity index is 106. The Kier molecular flexibility index (Phi) is 8.05. The van der Waals surface area contributed by atoms with Crippen LogP contribution in [0.3, 0.4) is 0 Å². The lowest BCUT2D eigenvalue weighted by Gasteiger charge is -2.03. The minimum Gasteiger partial charge on any atom is -0.383 e. The first-order valence-electron chi connectivity index (χ1n) is 4.27. The van der Waals surface area contributed by atoms with Gasteiger partial charge in [-0.05, 0) is 6.54 Å². The molecule has 0 aromatic carbocycles. The lowest BCUT2D eigenvalue weighted by atomic mass is 10.4. The molecule has 0 saturated carbocycles. The Morgan fingerprint density at radius 1 is 1.42 bits per heavy atom. The summed E-state index contributed by atoms with van der Waals surface area (Å²) in [6.45, 7) is 4.85. The van der Waals surface area contributed by atoms with Gasteiger partial charge < -0.3 is 15.4 Å². The van der Waals surface area contributed by atoms with E-state index in [1.54, 1.807) is 7.11 Å². The number of hydrogen-bond acceptors (Lipinski definition) is 3. The molecular formula is C8H18N2O2. The molecule has 0 spiro atoms. The summed E-state index contributed by atoms with van der Waals surface area (Å²) >= 11 is 0. The van der Waals surface area contributed by atoms with Crippen molar-refractivity contribution in [2.45, 2.75) is 13.3 Å². The summed E-state index contributed by atoms with van der Waals surface area (Å²) in [4.78, 5) is 11.0. The van der Waals surface area contributed by atoms with Crippen molar-refractivity contribution in [2.24, 2.45) is 0 Å². The Balaban J connectivity index is 3.10. The Hall–Kier alpha value is -0.610. The van der Waals surface area contributed by atoms with E-state index in [2.05, 4.69) is 10.6 Å². The molecule has 0 atom stereocenters. The van der Waals surface area contributed by atoms with Crippen LogP contribution in [0.5, 0.6) is 0 Å². The van der Waals surface area contributed by atoms with E-state index in [0.717, 1.165) is 13.1 Å². The first-order valence-corrected chi connectivity index (χ1v) is 4.27. The van der Waals surface area contributed by atoms with Gasteiger partial charge in [-0.15, -0.1) is 0 Å². The van der Waals surface area contributed by atoms with E-state index < -0.39 is 0 Å². The van der Waals surface area contributed by atoms with Gasteiger partial charge in [0, 0.05) is 26.6 Å². The van der Waals surface area contributed by atoms with Crippen molar-refractivity contribution in [2.75, 3.05) is 33.4 Å². The van der Waals surface area contributed by atoms with Crippen molar-refractivity contribution < 1.29 is 9.53 Å². The molecule has 4 heteroatoms. The predicted molar refractivity (Wildman–Crippen MR) is 48.0 cm³/mol. The normalized spacial score (nSPS) is 9.83. The number of carbonyl (C=O) groups excluding carboxylic acids is 1. The van der Waals surface area contributed by atoms with Crippen LogP contribution in [0.2, 0.25) is 0 Å². The van der Waals surface area contributed by atoms with Crippen LogP contribution in [0.4, 0.5) is 0 Å². The molecule has 1 amide bonds. The zero-order valence-electron chi connectivity index (χ0n) is 7.85. The van der Waals surface area contributed by atoms with Crippen LogP contribution in [-0.4, -0.2) is 39.3 Å². The van der Waals surface area contributed by atoms with Gasteiger partial charge in [-0.2, -0.15) is 0 Å². The zero-order valence-corrected chi connectivity index (χ0v) is 7.85. The lowest BCUT2D eigenvalue weighted by Crippen LogP contribution is -2.29. The van der Waals surface area contributed by atoms with E-state index in [1.807, 2.05) is 6.92 Å².